The quantitative estimate of drug-likeness (QED) is 0.583. The number of ketones is 1. The van der Waals surface area contributed by atoms with E-state index in [9.17, 15) is 9.59 Å². The summed E-state index contributed by atoms with van der Waals surface area (Å²) in [5.74, 6) is -0.125. The van der Waals surface area contributed by atoms with Gasteiger partial charge < -0.3 is 15.1 Å². The van der Waals surface area contributed by atoms with Crippen LogP contribution in [0.3, 0.4) is 0 Å². The molecule has 0 aromatic heterocycles. The molecule has 0 aromatic carbocycles. The maximum absolute atomic E-state index is 11.6. The minimum Gasteiger partial charge on any atom is -0.396 e. The summed E-state index contributed by atoms with van der Waals surface area (Å²) in [6.07, 6.45) is 1.54. The van der Waals surface area contributed by atoms with Crippen LogP contribution in [0.5, 0.6) is 0 Å². The lowest BCUT2D eigenvalue weighted by atomic mass is 10.2. The van der Waals surface area contributed by atoms with Crippen molar-refractivity contribution >= 4 is 11.7 Å². The molecule has 5 heteroatoms. The van der Waals surface area contributed by atoms with Crippen LogP contribution in [0.2, 0.25) is 0 Å². The zero-order valence-electron chi connectivity index (χ0n) is 9.81. The monoisotopic (exact) mass is 231 g/mol. The highest BCUT2D eigenvalue weighted by molar-refractivity contribution is 5.85. The lowest BCUT2D eigenvalue weighted by Gasteiger charge is -2.21. The van der Waals surface area contributed by atoms with E-state index in [-0.39, 0.29) is 37.9 Å². The average molecular weight is 231 g/mol. The van der Waals surface area contributed by atoms with Gasteiger partial charge in [-0.2, -0.15) is 0 Å². The van der Waals surface area contributed by atoms with E-state index in [4.69, 9.17) is 10.2 Å². The Bertz CT molecular complexity index is 218. The van der Waals surface area contributed by atoms with Crippen molar-refractivity contribution in [2.24, 2.45) is 0 Å². The van der Waals surface area contributed by atoms with Crippen molar-refractivity contribution in [2.75, 3.05) is 26.3 Å². The summed E-state index contributed by atoms with van der Waals surface area (Å²) in [6.45, 7) is 2.24. The average Bonchev–Trinajstić information content (AvgIpc) is 2.30. The molecule has 0 heterocycles. The standard InChI is InChI=1S/C11H21NO4/c1-2-10(15)9-12(6-4-8-14)11(16)5-3-7-13/h13-14H,2-9H2,1H3. The van der Waals surface area contributed by atoms with Crippen molar-refractivity contribution < 1.29 is 19.8 Å². The number of aliphatic hydroxyl groups excluding tert-OH is 2. The van der Waals surface area contributed by atoms with Gasteiger partial charge in [0, 0.05) is 32.6 Å². The normalized spacial score (nSPS) is 10.2. The van der Waals surface area contributed by atoms with Crippen LogP contribution in [0, 0.1) is 0 Å². The zero-order valence-corrected chi connectivity index (χ0v) is 9.81. The van der Waals surface area contributed by atoms with E-state index >= 15 is 0 Å². The van der Waals surface area contributed by atoms with Crippen LogP contribution < -0.4 is 0 Å². The van der Waals surface area contributed by atoms with Crippen molar-refractivity contribution in [3.8, 4) is 0 Å². The third kappa shape index (κ3) is 6.53. The Morgan fingerprint density at radius 1 is 1.12 bits per heavy atom. The Kier molecular flexibility index (Phi) is 8.75. The molecular weight excluding hydrogens is 210 g/mol. The van der Waals surface area contributed by atoms with Gasteiger partial charge in [-0.15, -0.1) is 0 Å². The second-order valence-corrected chi connectivity index (χ2v) is 3.61. The Morgan fingerprint density at radius 3 is 2.25 bits per heavy atom. The molecule has 0 bridgehead atoms. The summed E-state index contributed by atoms with van der Waals surface area (Å²) in [7, 11) is 0. The third-order valence-corrected chi connectivity index (χ3v) is 2.25. The fourth-order valence-corrected chi connectivity index (χ4v) is 1.27. The lowest BCUT2D eigenvalue weighted by molar-refractivity contribution is -0.135. The maximum atomic E-state index is 11.6. The second-order valence-electron chi connectivity index (χ2n) is 3.61. The second kappa shape index (κ2) is 9.30. The molecule has 0 radical (unpaired) electrons. The van der Waals surface area contributed by atoms with Crippen molar-refractivity contribution in [1.29, 1.82) is 0 Å². The van der Waals surface area contributed by atoms with Crippen LogP contribution in [0.4, 0.5) is 0 Å². The molecule has 16 heavy (non-hydrogen) atoms. The van der Waals surface area contributed by atoms with E-state index in [2.05, 4.69) is 0 Å². The number of amides is 1. The van der Waals surface area contributed by atoms with E-state index in [1.807, 2.05) is 0 Å². The smallest absolute Gasteiger partial charge is 0.223 e. The van der Waals surface area contributed by atoms with E-state index in [0.717, 1.165) is 0 Å². The SMILES string of the molecule is CCC(=O)CN(CCCO)C(=O)CCCO. The first-order chi connectivity index (χ1) is 7.65. The third-order valence-electron chi connectivity index (χ3n) is 2.25. The van der Waals surface area contributed by atoms with Crippen LogP contribution in [-0.4, -0.2) is 53.1 Å². The number of hydrogen-bond acceptors (Lipinski definition) is 4. The molecule has 0 aromatic rings. The Hall–Kier alpha value is -0.940. The van der Waals surface area contributed by atoms with E-state index in [0.29, 0.717) is 25.8 Å². The molecule has 94 valence electrons. The molecule has 1 amide bonds. The largest absolute Gasteiger partial charge is 0.396 e. The molecule has 0 aliphatic carbocycles. The minimum atomic E-state index is -0.135. The number of hydrogen-bond donors (Lipinski definition) is 2. The number of Topliss-reactive ketones (excluding diaryl/α,β-unsaturated/α-hetero) is 1. The van der Waals surface area contributed by atoms with Crippen molar-refractivity contribution in [3.05, 3.63) is 0 Å². The van der Waals surface area contributed by atoms with Crippen LogP contribution in [0.15, 0.2) is 0 Å². The molecule has 5 nitrogen and oxygen atoms in total. The molecule has 0 rings (SSSR count). The fraction of sp³-hybridized carbons (Fsp3) is 0.818. The summed E-state index contributed by atoms with van der Waals surface area (Å²) >= 11 is 0. The summed E-state index contributed by atoms with van der Waals surface area (Å²) in [5, 5.41) is 17.3. The molecule has 0 aliphatic rings. The molecule has 0 fully saturated rings. The highest BCUT2D eigenvalue weighted by Crippen LogP contribution is 2.00. The Morgan fingerprint density at radius 2 is 1.75 bits per heavy atom. The van der Waals surface area contributed by atoms with Gasteiger partial charge in [0.2, 0.25) is 5.91 Å². The topological polar surface area (TPSA) is 77.8 Å². The van der Waals surface area contributed by atoms with Gasteiger partial charge >= 0.3 is 0 Å². The van der Waals surface area contributed by atoms with Gasteiger partial charge in [0.15, 0.2) is 5.78 Å². The first kappa shape index (κ1) is 15.1. The minimum absolute atomic E-state index is 0.00406. The molecule has 2 N–H and O–H groups in total. The predicted molar refractivity (Wildman–Crippen MR) is 59.9 cm³/mol. The maximum Gasteiger partial charge on any atom is 0.223 e. The fourth-order valence-electron chi connectivity index (χ4n) is 1.27. The van der Waals surface area contributed by atoms with E-state index in [1.165, 1.54) is 4.90 Å². The van der Waals surface area contributed by atoms with Gasteiger partial charge in [0.25, 0.3) is 0 Å². The number of carbonyl (C=O) groups is 2. The van der Waals surface area contributed by atoms with Gasteiger partial charge in [-0.3, -0.25) is 9.59 Å². The summed E-state index contributed by atoms with van der Waals surface area (Å²) in [6, 6.07) is 0. The molecule has 0 atom stereocenters. The van der Waals surface area contributed by atoms with E-state index in [1.54, 1.807) is 6.92 Å². The highest BCUT2D eigenvalue weighted by atomic mass is 16.3. The predicted octanol–water partition coefficient (Wildman–Crippen LogP) is -0.0510. The Labute approximate surface area is 96.1 Å². The molecular formula is C11H21NO4. The van der Waals surface area contributed by atoms with Gasteiger partial charge in [0.1, 0.15) is 0 Å². The van der Waals surface area contributed by atoms with Gasteiger partial charge in [-0.25, -0.2) is 0 Å². The first-order valence-electron chi connectivity index (χ1n) is 5.66. The molecule has 0 aliphatic heterocycles. The van der Waals surface area contributed by atoms with Gasteiger partial charge in [-0.05, 0) is 12.8 Å². The number of aliphatic hydroxyl groups is 2. The first-order valence-corrected chi connectivity index (χ1v) is 5.66. The van der Waals surface area contributed by atoms with Crippen LogP contribution >= 0.6 is 0 Å². The molecule has 0 unspecified atom stereocenters. The van der Waals surface area contributed by atoms with Gasteiger partial charge in [0.05, 0.1) is 6.54 Å². The zero-order chi connectivity index (χ0) is 12.4. The summed E-state index contributed by atoms with van der Waals surface area (Å²) < 4.78 is 0. The van der Waals surface area contributed by atoms with E-state index < -0.39 is 0 Å². The number of nitrogens with zero attached hydrogens (tertiary/aromatic N) is 1. The number of rotatable bonds is 9. The summed E-state index contributed by atoms with van der Waals surface area (Å²) in [5.41, 5.74) is 0. The molecule has 0 spiro atoms. The van der Waals surface area contributed by atoms with Crippen LogP contribution in [0.25, 0.3) is 0 Å². The van der Waals surface area contributed by atoms with Crippen molar-refractivity contribution in [2.45, 2.75) is 32.6 Å². The van der Waals surface area contributed by atoms with Crippen molar-refractivity contribution in [1.82, 2.24) is 4.90 Å². The van der Waals surface area contributed by atoms with Gasteiger partial charge in [-0.1, -0.05) is 6.92 Å². The van der Waals surface area contributed by atoms with Crippen LogP contribution in [-0.2, 0) is 9.59 Å². The number of carbonyl (C=O) groups excluding carboxylic acids is 2. The van der Waals surface area contributed by atoms with Crippen molar-refractivity contribution in [3.63, 3.8) is 0 Å². The molecule has 0 saturated carbocycles. The highest BCUT2D eigenvalue weighted by Gasteiger charge is 2.15. The summed E-state index contributed by atoms with van der Waals surface area (Å²) in [4.78, 5) is 24.4. The Balaban J connectivity index is 4.17. The van der Waals surface area contributed by atoms with Crippen LogP contribution in [0.1, 0.15) is 32.6 Å². The molecule has 0 saturated heterocycles. The lowest BCUT2D eigenvalue weighted by Crippen LogP contribution is -2.36.